The number of carbonyl (C=O) groups is 1. The topological polar surface area (TPSA) is 95.6 Å². The molecule has 0 bridgehead atoms. The number of pyridine rings is 1. The molecule has 0 aliphatic rings. The Bertz CT molecular complexity index is 1480. The number of thiophene rings is 1. The van der Waals surface area contributed by atoms with Crippen molar-refractivity contribution in [2.45, 2.75) is 13.1 Å². The Kier molecular flexibility index (Phi) is 6.01. The number of anilines is 2. The van der Waals surface area contributed by atoms with Crippen LogP contribution >= 0.6 is 11.3 Å². The number of aromatic nitrogens is 3. The monoisotopic (exact) mass is 464 g/mol. The van der Waals surface area contributed by atoms with Gasteiger partial charge in [0.1, 0.15) is 0 Å². The van der Waals surface area contributed by atoms with Crippen LogP contribution in [0.4, 0.5) is 11.4 Å². The fourth-order valence-corrected chi connectivity index (χ4v) is 4.54. The van der Waals surface area contributed by atoms with Crippen molar-refractivity contribution >= 4 is 38.7 Å². The lowest BCUT2D eigenvalue weighted by Gasteiger charge is -2.10. The second kappa shape index (κ2) is 9.57. The van der Waals surface area contributed by atoms with E-state index >= 15 is 0 Å². The van der Waals surface area contributed by atoms with Crippen molar-refractivity contribution in [1.82, 2.24) is 14.5 Å². The van der Waals surface area contributed by atoms with Gasteiger partial charge in [-0.15, -0.1) is 11.3 Å². The first-order valence-corrected chi connectivity index (χ1v) is 11.5. The molecule has 3 aromatic heterocycles. The minimum atomic E-state index is -0.131. The van der Waals surface area contributed by atoms with Gasteiger partial charge in [0.15, 0.2) is 0 Å². The summed E-state index contributed by atoms with van der Waals surface area (Å²) in [6.45, 7) is 1.30. The van der Waals surface area contributed by atoms with Crippen LogP contribution in [0.25, 0.3) is 10.1 Å². The summed E-state index contributed by atoms with van der Waals surface area (Å²) >= 11 is 1.47. The van der Waals surface area contributed by atoms with Gasteiger partial charge in [0.25, 0.3) is 5.91 Å². The minimum absolute atomic E-state index is 0.131. The second-order valence-corrected chi connectivity index (χ2v) is 8.81. The Labute approximate surface area is 200 Å². The molecule has 0 atom stereocenters. The van der Waals surface area contributed by atoms with Crippen LogP contribution in [0.3, 0.4) is 0 Å². The van der Waals surface area contributed by atoms with E-state index in [-0.39, 0.29) is 5.91 Å². The zero-order valence-electron chi connectivity index (χ0n) is 18.1. The van der Waals surface area contributed by atoms with Crippen LogP contribution in [0.2, 0.25) is 0 Å². The average Bonchev–Trinajstić information content (AvgIpc) is 3.50. The van der Waals surface area contributed by atoms with E-state index in [9.17, 15) is 4.79 Å². The number of hydrogen-bond acceptors (Lipinski definition) is 6. The van der Waals surface area contributed by atoms with Crippen LogP contribution in [0, 0.1) is 11.3 Å². The third-order valence-electron chi connectivity index (χ3n) is 5.39. The van der Waals surface area contributed by atoms with E-state index in [1.165, 1.54) is 11.3 Å². The molecule has 0 aliphatic carbocycles. The van der Waals surface area contributed by atoms with E-state index in [1.807, 2.05) is 55.0 Å². The molecule has 7 nitrogen and oxygen atoms in total. The normalized spacial score (nSPS) is 10.7. The van der Waals surface area contributed by atoms with Crippen molar-refractivity contribution in [2.75, 3.05) is 10.6 Å². The maximum atomic E-state index is 12.6. The standard InChI is InChI=1S/C26H20N6OS/c27-13-18-1-3-19(4-2-18)16-32-17-29-14-23(32)15-30-22-5-6-24-20(11-22)12-25(34-24)26(33)31-21-7-9-28-10-8-21/h1-12,14,17,30H,15-16H2,(H,28,31,33). The first kappa shape index (κ1) is 21.4. The molecule has 8 heteroatoms. The van der Waals surface area contributed by atoms with Gasteiger partial charge in [0.2, 0.25) is 0 Å². The molecule has 2 N–H and O–H groups in total. The van der Waals surface area contributed by atoms with Gasteiger partial charge in [-0.25, -0.2) is 4.98 Å². The maximum absolute atomic E-state index is 12.6. The van der Waals surface area contributed by atoms with Crippen molar-refractivity contribution in [1.29, 1.82) is 5.26 Å². The summed E-state index contributed by atoms with van der Waals surface area (Å²) < 4.78 is 3.13. The fraction of sp³-hybridized carbons (Fsp3) is 0.0769. The van der Waals surface area contributed by atoms with Gasteiger partial charge in [-0.3, -0.25) is 9.78 Å². The van der Waals surface area contributed by atoms with Gasteiger partial charge in [0, 0.05) is 41.2 Å². The highest BCUT2D eigenvalue weighted by Crippen LogP contribution is 2.29. The molecule has 0 fully saturated rings. The molecular weight excluding hydrogens is 444 g/mol. The predicted octanol–water partition coefficient (Wildman–Crippen LogP) is 5.28. The molecule has 3 heterocycles. The zero-order valence-corrected chi connectivity index (χ0v) is 18.9. The van der Waals surface area contributed by atoms with Crippen LogP contribution < -0.4 is 10.6 Å². The Hall–Kier alpha value is -4.48. The molecule has 0 spiro atoms. The molecule has 2 aromatic carbocycles. The predicted molar refractivity (Wildman–Crippen MR) is 134 cm³/mol. The number of imidazole rings is 1. The number of nitriles is 1. The Balaban J connectivity index is 1.26. The lowest BCUT2D eigenvalue weighted by Crippen LogP contribution is -2.09. The molecule has 0 unspecified atom stereocenters. The van der Waals surface area contributed by atoms with Gasteiger partial charge in [-0.05, 0) is 59.5 Å². The number of nitrogens with zero attached hydrogens (tertiary/aromatic N) is 4. The molecule has 166 valence electrons. The van der Waals surface area contributed by atoms with E-state index in [0.29, 0.717) is 23.5 Å². The van der Waals surface area contributed by atoms with Gasteiger partial charge >= 0.3 is 0 Å². The number of nitrogens with one attached hydrogen (secondary N) is 2. The molecule has 34 heavy (non-hydrogen) atoms. The summed E-state index contributed by atoms with van der Waals surface area (Å²) in [5.41, 5.74) is 4.50. The maximum Gasteiger partial charge on any atom is 0.265 e. The van der Waals surface area contributed by atoms with Gasteiger partial charge in [0.05, 0.1) is 35.1 Å². The number of benzene rings is 2. The summed E-state index contributed by atoms with van der Waals surface area (Å²) in [7, 11) is 0. The molecule has 0 saturated heterocycles. The smallest absolute Gasteiger partial charge is 0.265 e. The summed E-state index contributed by atoms with van der Waals surface area (Å²) in [5, 5.41) is 16.3. The van der Waals surface area contributed by atoms with Crippen LogP contribution in [-0.2, 0) is 13.1 Å². The zero-order chi connectivity index (χ0) is 23.3. The van der Waals surface area contributed by atoms with E-state index < -0.39 is 0 Å². The summed E-state index contributed by atoms with van der Waals surface area (Å²) in [6, 6.07) is 21.3. The summed E-state index contributed by atoms with van der Waals surface area (Å²) in [5.74, 6) is -0.131. The van der Waals surface area contributed by atoms with Gasteiger partial charge < -0.3 is 15.2 Å². The van der Waals surface area contributed by atoms with Crippen molar-refractivity contribution in [3.63, 3.8) is 0 Å². The molecule has 1 amide bonds. The largest absolute Gasteiger partial charge is 0.379 e. The summed E-state index contributed by atoms with van der Waals surface area (Å²) in [4.78, 5) is 21.5. The van der Waals surface area contributed by atoms with E-state index in [1.54, 1.807) is 24.5 Å². The number of hydrogen-bond donors (Lipinski definition) is 2. The highest BCUT2D eigenvalue weighted by molar-refractivity contribution is 7.20. The van der Waals surface area contributed by atoms with Gasteiger partial charge in [-0.1, -0.05) is 12.1 Å². The Morgan fingerprint density at radius 3 is 2.62 bits per heavy atom. The third kappa shape index (κ3) is 4.80. The van der Waals surface area contributed by atoms with Crippen molar-refractivity contribution in [3.8, 4) is 6.07 Å². The number of carbonyl (C=O) groups excluding carboxylic acids is 1. The number of fused-ring (bicyclic) bond motifs is 1. The third-order valence-corrected chi connectivity index (χ3v) is 6.50. The molecule has 5 rings (SSSR count). The highest BCUT2D eigenvalue weighted by atomic mass is 32.1. The van der Waals surface area contributed by atoms with E-state index in [2.05, 4.69) is 37.3 Å². The number of amides is 1. The first-order valence-electron chi connectivity index (χ1n) is 10.6. The summed E-state index contributed by atoms with van der Waals surface area (Å²) in [6.07, 6.45) is 6.95. The van der Waals surface area contributed by atoms with Crippen LogP contribution in [0.15, 0.2) is 85.6 Å². The first-order chi connectivity index (χ1) is 16.7. The molecular formula is C26H20N6OS. The fourth-order valence-electron chi connectivity index (χ4n) is 3.60. The Morgan fingerprint density at radius 1 is 1.00 bits per heavy atom. The quantitative estimate of drug-likeness (QED) is 0.342. The minimum Gasteiger partial charge on any atom is -0.379 e. The van der Waals surface area contributed by atoms with Crippen molar-refractivity contribution in [3.05, 3.63) is 107 Å². The molecule has 0 aliphatic heterocycles. The lowest BCUT2D eigenvalue weighted by molar-refractivity contribution is 0.103. The van der Waals surface area contributed by atoms with Crippen LogP contribution in [-0.4, -0.2) is 20.4 Å². The lowest BCUT2D eigenvalue weighted by atomic mass is 10.1. The molecule has 0 radical (unpaired) electrons. The van der Waals surface area contributed by atoms with Crippen molar-refractivity contribution < 1.29 is 4.79 Å². The van der Waals surface area contributed by atoms with Crippen LogP contribution in [0.1, 0.15) is 26.5 Å². The number of rotatable bonds is 7. The molecule has 0 saturated carbocycles. The molecule has 5 aromatic rings. The van der Waals surface area contributed by atoms with Crippen molar-refractivity contribution in [2.24, 2.45) is 0 Å². The van der Waals surface area contributed by atoms with Crippen LogP contribution in [0.5, 0.6) is 0 Å². The van der Waals surface area contributed by atoms with E-state index in [0.717, 1.165) is 32.7 Å². The second-order valence-electron chi connectivity index (χ2n) is 7.73. The highest BCUT2D eigenvalue weighted by Gasteiger charge is 2.11. The SMILES string of the molecule is N#Cc1ccc(Cn2cncc2CNc2ccc3sc(C(=O)Nc4ccncc4)cc3c2)cc1. The van der Waals surface area contributed by atoms with Gasteiger partial charge in [-0.2, -0.15) is 5.26 Å². The Morgan fingerprint density at radius 2 is 1.82 bits per heavy atom. The van der Waals surface area contributed by atoms with E-state index in [4.69, 9.17) is 5.26 Å². The average molecular weight is 465 g/mol.